The number of aliphatic hydroxyl groups is 1. The third kappa shape index (κ3) is 3.87. The van der Waals surface area contributed by atoms with Gasteiger partial charge in [0.05, 0.1) is 37.6 Å². The van der Waals surface area contributed by atoms with E-state index in [1.807, 2.05) is 23.6 Å². The Balaban J connectivity index is 1.63. The highest BCUT2D eigenvalue weighted by atomic mass is 32.1. The minimum absolute atomic E-state index is 0.108. The Bertz CT molecular complexity index is 824. The standard InChI is InChI=1S/C16H18N2O3S2/c1-2-12-6-14-15(23-12)17-10-18(16(14)20)7-11(19)8-21-9-13-4-3-5-22-13/h3-6,10-11,19H,2,7-9H2,1H3. The third-order valence-electron chi connectivity index (χ3n) is 3.46. The molecule has 23 heavy (non-hydrogen) atoms. The predicted octanol–water partition coefficient (Wildman–Crippen LogP) is 2.66. The number of thiophene rings is 2. The van der Waals surface area contributed by atoms with Crippen molar-refractivity contribution < 1.29 is 9.84 Å². The second-order valence-corrected chi connectivity index (χ2v) is 7.38. The number of aryl methyl sites for hydroxylation is 1. The van der Waals surface area contributed by atoms with Crippen LogP contribution in [0.15, 0.2) is 34.7 Å². The highest BCUT2D eigenvalue weighted by molar-refractivity contribution is 7.18. The Kier molecular flexibility index (Phi) is 5.22. The molecule has 1 N–H and O–H groups in total. The summed E-state index contributed by atoms with van der Waals surface area (Å²) in [4.78, 5) is 19.8. The van der Waals surface area contributed by atoms with Crippen molar-refractivity contribution >= 4 is 32.9 Å². The summed E-state index contributed by atoms with van der Waals surface area (Å²) in [5.74, 6) is 0. The zero-order valence-corrected chi connectivity index (χ0v) is 14.4. The van der Waals surface area contributed by atoms with E-state index in [4.69, 9.17) is 4.74 Å². The summed E-state index contributed by atoms with van der Waals surface area (Å²) in [6.45, 7) is 2.90. The number of aromatic nitrogens is 2. The topological polar surface area (TPSA) is 64.4 Å². The molecule has 3 heterocycles. The summed E-state index contributed by atoms with van der Waals surface area (Å²) in [6.07, 6.45) is 1.65. The lowest BCUT2D eigenvalue weighted by atomic mass is 10.3. The van der Waals surface area contributed by atoms with E-state index < -0.39 is 6.10 Å². The number of aliphatic hydroxyl groups excluding tert-OH is 1. The monoisotopic (exact) mass is 350 g/mol. The predicted molar refractivity (Wildman–Crippen MR) is 93.2 cm³/mol. The number of hydrogen-bond donors (Lipinski definition) is 1. The molecular weight excluding hydrogens is 332 g/mol. The van der Waals surface area contributed by atoms with Gasteiger partial charge in [-0.3, -0.25) is 9.36 Å². The van der Waals surface area contributed by atoms with Crippen molar-refractivity contribution in [3.05, 3.63) is 50.0 Å². The fraction of sp³-hybridized carbons (Fsp3) is 0.375. The molecule has 0 radical (unpaired) electrons. The molecule has 3 aromatic heterocycles. The number of rotatable bonds is 7. The Morgan fingerprint density at radius 2 is 2.30 bits per heavy atom. The van der Waals surface area contributed by atoms with Crippen LogP contribution in [0.2, 0.25) is 0 Å². The second kappa shape index (κ2) is 7.35. The molecule has 0 aliphatic rings. The summed E-state index contributed by atoms with van der Waals surface area (Å²) < 4.78 is 6.94. The Labute approximate surface area is 141 Å². The van der Waals surface area contributed by atoms with Crippen molar-refractivity contribution in [1.29, 1.82) is 0 Å². The molecule has 0 amide bonds. The van der Waals surface area contributed by atoms with Gasteiger partial charge in [0, 0.05) is 9.75 Å². The van der Waals surface area contributed by atoms with Gasteiger partial charge in [-0.05, 0) is 23.9 Å². The van der Waals surface area contributed by atoms with Crippen molar-refractivity contribution in [1.82, 2.24) is 9.55 Å². The van der Waals surface area contributed by atoms with Crippen molar-refractivity contribution in [3.8, 4) is 0 Å². The molecule has 5 nitrogen and oxygen atoms in total. The van der Waals surface area contributed by atoms with Crippen molar-refractivity contribution in [2.24, 2.45) is 0 Å². The fourth-order valence-corrected chi connectivity index (χ4v) is 3.85. The van der Waals surface area contributed by atoms with E-state index >= 15 is 0 Å². The number of hydrogen-bond acceptors (Lipinski definition) is 6. The van der Waals surface area contributed by atoms with E-state index in [0.717, 1.165) is 21.0 Å². The van der Waals surface area contributed by atoms with Crippen molar-refractivity contribution in [3.63, 3.8) is 0 Å². The van der Waals surface area contributed by atoms with Crippen LogP contribution in [0.4, 0.5) is 0 Å². The molecule has 0 saturated heterocycles. The van der Waals surface area contributed by atoms with Gasteiger partial charge in [0.25, 0.3) is 5.56 Å². The summed E-state index contributed by atoms with van der Waals surface area (Å²) in [6, 6.07) is 5.85. The van der Waals surface area contributed by atoms with E-state index in [-0.39, 0.29) is 18.7 Å². The largest absolute Gasteiger partial charge is 0.389 e. The van der Waals surface area contributed by atoms with Gasteiger partial charge in [-0.1, -0.05) is 13.0 Å². The third-order valence-corrected chi connectivity index (χ3v) is 5.50. The maximum atomic E-state index is 12.4. The van der Waals surface area contributed by atoms with Crippen LogP contribution in [0.25, 0.3) is 10.2 Å². The van der Waals surface area contributed by atoms with E-state index in [9.17, 15) is 9.90 Å². The molecular formula is C16H18N2O3S2. The fourth-order valence-electron chi connectivity index (χ4n) is 2.28. The highest BCUT2D eigenvalue weighted by Gasteiger charge is 2.12. The molecule has 1 unspecified atom stereocenters. The van der Waals surface area contributed by atoms with E-state index in [1.165, 1.54) is 10.9 Å². The van der Waals surface area contributed by atoms with Crippen LogP contribution in [0.3, 0.4) is 0 Å². The molecule has 7 heteroatoms. The zero-order valence-electron chi connectivity index (χ0n) is 12.8. The summed E-state index contributed by atoms with van der Waals surface area (Å²) in [5, 5.41) is 12.7. The van der Waals surface area contributed by atoms with Gasteiger partial charge in [-0.25, -0.2) is 4.98 Å². The van der Waals surface area contributed by atoms with Gasteiger partial charge < -0.3 is 9.84 Å². The quantitative estimate of drug-likeness (QED) is 0.711. The molecule has 1 atom stereocenters. The number of fused-ring (bicyclic) bond motifs is 1. The van der Waals surface area contributed by atoms with Gasteiger partial charge >= 0.3 is 0 Å². The molecule has 0 aliphatic carbocycles. The summed E-state index contributed by atoms with van der Waals surface area (Å²) in [5.41, 5.74) is -0.108. The first-order chi connectivity index (χ1) is 11.2. The van der Waals surface area contributed by atoms with Crippen LogP contribution in [0.1, 0.15) is 16.7 Å². The normalized spacial score (nSPS) is 12.8. The SMILES string of the molecule is CCc1cc2c(=O)n(CC(O)COCc3cccs3)cnc2s1. The molecule has 3 aromatic rings. The maximum absolute atomic E-state index is 12.4. The van der Waals surface area contributed by atoms with Crippen molar-refractivity contribution in [2.45, 2.75) is 32.6 Å². The van der Waals surface area contributed by atoms with Gasteiger partial charge in [0.1, 0.15) is 4.83 Å². The first-order valence-electron chi connectivity index (χ1n) is 7.43. The maximum Gasteiger partial charge on any atom is 0.262 e. The minimum atomic E-state index is -0.740. The summed E-state index contributed by atoms with van der Waals surface area (Å²) >= 11 is 3.16. The minimum Gasteiger partial charge on any atom is -0.389 e. The molecule has 122 valence electrons. The molecule has 3 rings (SSSR count). The van der Waals surface area contributed by atoms with Crippen LogP contribution in [0.5, 0.6) is 0 Å². The number of ether oxygens (including phenoxy) is 1. The second-order valence-electron chi connectivity index (χ2n) is 5.24. The molecule has 0 spiro atoms. The van der Waals surface area contributed by atoms with E-state index in [0.29, 0.717) is 12.0 Å². The van der Waals surface area contributed by atoms with Gasteiger partial charge in [-0.2, -0.15) is 0 Å². The van der Waals surface area contributed by atoms with Gasteiger partial charge in [-0.15, -0.1) is 22.7 Å². The first kappa shape index (κ1) is 16.3. The van der Waals surface area contributed by atoms with Crippen LogP contribution in [0, 0.1) is 0 Å². The molecule has 0 saturated carbocycles. The molecule has 0 bridgehead atoms. The number of nitrogens with zero attached hydrogens (tertiary/aromatic N) is 2. The van der Waals surface area contributed by atoms with Gasteiger partial charge in [0.2, 0.25) is 0 Å². The lowest BCUT2D eigenvalue weighted by molar-refractivity contribution is 0.0207. The Morgan fingerprint density at radius 1 is 1.43 bits per heavy atom. The Hall–Kier alpha value is -1.54. The van der Waals surface area contributed by atoms with Crippen LogP contribution in [-0.4, -0.2) is 27.4 Å². The lowest BCUT2D eigenvalue weighted by Crippen LogP contribution is -2.29. The lowest BCUT2D eigenvalue weighted by Gasteiger charge is -2.12. The average molecular weight is 350 g/mol. The van der Waals surface area contributed by atoms with Crippen molar-refractivity contribution in [2.75, 3.05) is 6.61 Å². The molecule has 0 fully saturated rings. The molecule has 0 aliphatic heterocycles. The highest BCUT2D eigenvalue weighted by Crippen LogP contribution is 2.21. The average Bonchev–Trinajstić information content (AvgIpc) is 3.19. The zero-order chi connectivity index (χ0) is 16.2. The van der Waals surface area contributed by atoms with Crippen LogP contribution in [-0.2, 0) is 24.3 Å². The smallest absolute Gasteiger partial charge is 0.262 e. The van der Waals surface area contributed by atoms with Crippen LogP contribution < -0.4 is 5.56 Å². The summed E-state index contributed by atoms with van der Waals surface area (Å²) in [7, 11) is 0. The van der Waals surface area contributed by atoms with E-state index in [1.54, 1.807) is 22.7 Å². The molecule has 0 aromatic carbocycles. The van der Waals surface area contributed by atoms with E-state index in [2.05, 4.69) is 11.9 Å². The van der Waals surface area contributed by atoms with Crippen LogP contribution >= 0.6 is 22.7 Å². The van der Waals surface area contributed by atoms with Gasteiger partial charge in [0.15, 0.2) is 0 Å². The first-order valence-corrected chi connectivity index (χ1v) is 9.13. The Morgan fingerprint density at radius 3 is 3.04 bits per heavy atom.